The number of aryl methyl sites for hydroxylation is 1. The van der Waals surface area contributed by atoms with E-state index in [1.807, 2.05) is 6.07 Å². The first-order valence-corrected chi connectivity index (χ1v) is 7.63. The van der Waals surface area contributed by atoms with E-state index in [0.29, 0.717) is 0 Å². The Bertz CT molecular complexity index is 448. The van der Waals surface area contributed by atoms with Gasteiger partial charge in [0, 0.05) is 5.41 Å². The number of ether oxygens (including phenoxy) is 1. The van der Waals surface area contributed by atoms with E-state index in [-0.39, 0.29) is 11.5 Å². The van der Waals surface area contributed by atoms with Crippen molar-refractivity contribution < 1.29 is 9.84 Å². The Kier molecular flexibility index (Phi) is 5.00. The molecule has 2 nitrogen and oxygen atoms in total. The molecule has 0 aromatic heterocycles. The lowest BCUT2D eigenvalue weighted by molar-refractivity contribution is -0.127. The predicted octanol–water partition coefficient (Wildman–Crippen LogP) is 4.09. The van der Waals surface area contributed by atoms with Crippen LogP contribution < -0.4 is 0 Å². The fraction of sp³-hybridized carbons (Fsp3) is 0.556. The Hall–Kier alpha value is -1.12. The Balaban J connectivity index is 2.06. The van der Waals surface area contributed by atoms with E-state index >= 15 is 0 Å². The molecule has 0 spiro atoms. The SMILES string of the molecule is CCC/C=C1/C(CCc2ccccc2)OC(O)C1(C)C. The first kappa shape index (κ1) is 15.3. The van der Waals surface area contributed by atoms with Gasteiger partial charge in [0.1, 0.15) is 0 Å². The third-order valence-corrected chi connectivity index (χ3v) is 4.19. The number of aliphatic hydroxyl groups is 1. The first-order valence-electron chi connectivity index (χ1n) is 7.63. The molecule has 2 rings (SSSR count). The molecule has 20 heavy (non-hydrogen) atoms. The molecule has 0 bridgehead atoms. The van der Waals surface area contributed by atoms with E-state index in [0.717, 1.165) is 25.7 Å². The number of rotatable bonds is 5. The fourth-order valence-corrected chi connectivity index (χ4v) is 2.82. The summed E-state index contributed by atoms with van der Waals surface area (Å²) in [7, 11) is 0. The van der Waals surface area contributed by atoms with Crippen LogP contribution >= 0.6 is 0 Å². The van der Waals surface area contributed by atoms with Crippen molar-refractivity contribution in [1.82, 2.24) is 0 Å². The van der Waals surface area contributed by atoms with Crippen LogP contribution in [0.1, 0.15) is 45.6 Å². The summed E-state index contributed by atoms with van der Waals surface area (Å²) in [5.74, 6) is 0. The highest BCUT2D eigenvalue weighted by Gasteiger charge is 2.44. The Morgan fingerprint density at radius 1 is 1.25 bits per heavy atom. The minimum Gasteiger partial charge on any atom is -0.367 e. The number of hydrogen-bond donors (Lipinski definition) is 1. The molecule has 0 amide bonds. The summed E-state index contributed by atoms with van der Waals surface area (Å²) >= 11 is 0. The standard InChI is InChI=1S/C18H26O2/c1-4-5-11-15-16(20-17(19)18(15,2)3)13-12-14-9-7-6-8-10-14/h6-11,16-17,19H,4-5,12-13H2,1-3H3/b15-11-. The van der Waals surface area contributed by atoms with Crippen LogP contribution in [0.2, 0.25) is 0 Å². The van der Waals surface area contributed by atoms with Crippen LogP contribution in [0.3, 0.4) is 0 Å². The van der Waals surface area contributed by atoms with Gasteiger partial charge in [-0.3, -0.25) is 0 Å². The second kappa shape index (κ2) is 6.55. The summed E-state index contributed by atoms with van der Waals surface area (Å²) in [5, 5.41) is 10.1. The zero-order valence-electron chi connectivity index (χ0n) is 12.8. The van der Waals surface area contributed by atoms with E-state index in [4.69, 9.17) is 4.74 Å². The molecular formula is C18H26O2. The molecule has 1 N–H and O–H groups in total. The van der Waals surface area contributed by atoms with Gasteiger partial charge in [0.15, 0.2) is 6.29 Å². The largest absolute Gasteiger partial charge is 0.367 e. The minimum atomic E-state index is -0.689. The third kappa shape index (κ3) is 3.31. The molecule has 1 aliphatic rings. The predicted molar refractivity (Wildman–Crippen MR) is 82.4 cm³/mol. The lowest BCUT2D eigenvalue weighted by Gasteiger charge is -2.22. The number of unbranched alkanes of at least 4 members (excludes halogenated alkanes) is 1. The Morgan fingerprint density at radius 2 is 1.95 bits per heavy atom. The summed E-state index contributed by atoms with van der Waals surface area (Å²) in [6, 6.07) is 10.5. The van der Waals surface area contributed by atoms with E-state index in [9.17, 15) is 5.11 Å². The van der Waals surface area contributed by atoms with Crippen LogP contribution in [-0.2, 0) is 11.2 Å². The quantitative estimate of drug-likeness (QED) is 0.819. The van der Waals surface area contributed by atoms with Crippen molar-refractivity contribution in [2.75, 3.05) is 0 Å². The van der Waals surface area contributed by atoms with Gasteiger partial charge >= 0.3 is 0 Å². The molecule has 110 valence electrons. The van der Waals surface area contributed by atoms with Crippen LogP contribution in [-0.4, -0.2) is 17.5 Å². The minimum absolute atomic E-state index is 0.0479. The van der Waals surface area contributed by atoms with Crippen LogP contribution in [0.4, 0.5) is 0 Å². The topological polar surface area (TPSA) is 29.5 Å². The molecule has 1 heterocycles. The summed E-state index contributed by atoms with van der Waals surface area (Å²) in [6.07, 6.45) is 5.72. The maximum Gasteiger partial charge on any atom is 0.164 e. The van der Waals surface area contributed by atoms with Crippen LogP contribution in [0, 0.1) is 5.41 Å². The molecule has 0 radical (unpaired) electrons. The van der Waals surface area contributed by atoms with Gasteiger partial charge in [-0.1, -0.05) is 63.6 Å². The van der Waals surface area contributed by atoms with Gasteiger partial charge < -0.3 is 9.84 Å². The van der Waals surface area contributed by atoms with Gasteiger partial charge in [0.05, 0.1) is 6.10 Å². The second-order valence-electron chi connectivity index (χ2n) is 6.17. The van der Waals surface area contributed by atoms with Gasteiger partial charge in [-0.15, -0.1) is 0 Å². The fourth-order valence-electron chi connectivity index (χ4n) is 2.82. The highest BCUT2D eigenvalue weighted by atomic mass is 16.6. The van der Waals surface area contributed by atoms with Gasteiger partial charge in [-0.2, -0.15) is 0 Å². The third-order valence-electron chi connectivity index (χ3n) is 4.19. The van der Waals surface area contributed by atoms with Gasteiger partial charge in [-0.25, -0.2) is 0 Å². The second-order valence-corrected chi connectivity index (χ2v) is 6.17. The van der Waals surface area contributed by atoms with Gasteiger partial charge in [-0.05, 0) is 30.4 Å². The normalized spacial score (nSPS) is 27.1. The van der Waals surface area contributed by atoms with Crippen LogP contribution in [0.15, 0.2) is 42.0 Å². The van der Waals surface area contributed by atoms with Crippen molar-refractivity contribution in [2.45, 2.75) is 58.8 Å². The monoisotopic (exact) mass is 274 g/mol. The zero-order valence-corrected chi connectivity index (χ0v) is 12.8. The maximum atomic E-state index is 10.1. The van der Waals surface area contributed by atoms with Crippen LogP contribution in [0.25, 0.3) is 0 Å². The molecule has 1 aromatic carbocycles. The number of allylic oxidation sites excluding steroid dienone is 1. The average molecular weight is 274 g/mol. The van der Waals surface area contributed by atoms with Gasteiger partial charge in [0.25, 0.3) is 0 Å². The summed E-state index contributed by atoms with van der Waals surface area (Å²) in [6.45, 7) is 6.32. The highest BCUT2D eigenvalue weighted by molar-refractivity contribution is 5.24. The van der Waals surface area contributed by atoms with Crippen molar-refractivity contribution in [3.8, 4) is 0 Å². The smallest absolute Gasteiger partial charge is 0.164 e. The number of aliphatic hydroxyl groups excluding tert-OH is 1. The highest BCUT2D eigenvalue weighted by Crippen LogP contribution is 2.43. The summed E-state index contributed by atoms with van der Waals surface area (Å²) in [4.78, 5) is 0. The Morgan fingerprint density at radius 3 is 2.60 bits per heavy atom. The molecule has 2 heteroatoms. The molecule has 1 fully saturated rings. The average Bonchev–Trinajstić information content (AvgIpc) is 2.66. The lowest BCUT2D eigenvalue weighted by atomic mass is 9.81. The molecule has 1 aromatic rings. The molecular weight excluding hydrogens is 248 g/mol. The number of hydrogen-bond acceptors (Lipinski definition) is 2. The van der Waals surface area contributed by atoms with Crippen molar-refractivity contribution in [2.24, 2.45) is 5.41 Å². The van der Waals surface area contributed by atoms with E-state index in [1.54, 1.807) is 0 Å². The summed E-state index contributed by atoms with van der Waals surface area (Å²) < 4.78 is 5.80. The van der Waals surface area contributed by atoms with Gasteiger partial charge in [0.2, 0.25) is 0 Å². The van der Waals surface area contributed by atoms with Crippen molar-refractivity contribution in [3.63, 3.8) is 0 Å². The van der Waals surface area contributed by atoms with Crippen molar-refractivity contribution >= 4 is 0 Å². The molecule has 0 saturated carbocycles. The lowest BCUT2D eigenvalue weighted by Crippen LogP contribution is -2.24. The molecule has 2 atom stereocenters. The molecule has 1 saturated heterocycles. The van der Waals surface area contributed by atoms with E-state index in [2.05, 4.69) is 51.1 Å². The molecule has 1 aliphatic heterocycles. The molecule has 0 aliphatic carbocycles. The van der Waals surface area contributed by atoms with E-state index < -0.39 is 6.29 Å². The first-order chi connectivity index (χ1) is 9.55. The van der Waals surface area contributed by atoms with Crippen LogP contribution in [0.5, 0.6) is 0 Å². The number of benzene rings is 1. The Labute approximate surface area is 122 Å². The zero-order chi connectivity index (χ0) is 14.6. The molecule has 2 unspecified atom stereocenters. The van der Waals surface area contributed by atoms with E-state index in [1.165, 1.54) is 11.1 Å². The van der Waals surface area contributed by atoms with Crippen molar-refractivity contribution in [3.05, 3.63) is 47.5 Å². The summed E-state index contributed by atoms with van der Waals surface area (Å²) in [5.41, 5.74) is 2.32. The maximum absolute atomic E-state index is 10.1. The van der Waals surface area contributed by atoms with Crippen molar-refractivity contribution in [1.29, 1.82) is 0 Å².